The summed E-state index contributed by atoms with van der Waals surface area (Å²) in [5, 5.41) is 15.3. The summed E-state index contributed by atoms with van der Waals surface area (Å²) in [6.07, 6.45) is 5.04. The first-order valence-electron chi connectivity index (χ1n) is 14.4. The molecule has 234 valence electrons. The minimum absolute atomic E-state index is 0.0128. The predicted molar refractivity (Wildman–Crippen MR) is 170 cm³/mol. The number of hydrogen-bond acceptors (Lipinski definition) is 6. The number of nitro groups is 1. The Balaban J connectivity index is 1.75. The van der Waals surface area contributed by atoms with Gasteiger partial charge in [-0.3, -0.25) is 24.0 Å². The van der Waals surface area contributed by atoms with Crippen LogP contribution in [0.2, 0.25) is 10.0 Å². The maximum atomic E-state index is 14.2. The summed E-state index contributed by atoms with van der Waals surface area (Å²) in [7, 11) is -4.37. The lowest BCUT2D eigenvalue weighted by molar-refractivity contribution is -0.384. The van der Waals surface area contributed by atoms with Gasteiger partial charge >= 0.3 is 0 Å². The zero-order valence-electron chi connectivity index (χ0n) is 24.2. The number of carbonyl (C=O) groups excluding carboxylic acids is 2. The van der Waals surface area contributed by atoms with E-state index in [2.05, 4.69) is 5.32 Å². The van der Waals surface area contributed by atoms with Crippen LogP contribution in [0.4, 0.5) is 11.4 Å². The summed E-state index contributed by atoms with van der Waals surface area (Å²) in [5.74, 6) is -1.03. The highest BCUT2D eigenvalue weighted by Gasteiger charge is 2.35. The average Bonchev–Trinajstić information content (AvgIpc) is 3.01. The first kappa shape index (κ1) is 33.2. The molecule has 1 atom stereocenters. The zero-order valence-corrected chi connectivity index (χ0v) is 26.5. The number of halogens is 2. The second-order valence-corrected chi connectivity index (χ2v) is 13.3. The zero-order chi connectivity index (χ0) is 31.9. The number of anilines is 1. The largest absolute Gasteiger partial charge is 0.352 e. The van der Waals surface area contributed by atoms with E-state index in [1.807, 2.05) is 0 Å². The van der Waals surface area contributed by atoms with Gasteiger partial charge in [0.05, 0.1) is 15.5 Å². The Morgan fingerprint density at radius 3 is 2.34 bits per heavy atom. The van der Waals surface area contributed by atoms with Crippen molar-refractivity contribution in [2.75, 3.05) is 10.8 Å². The molecular weight excluding hydrogens is 627 g/mol. The first-order valence-corrected chi connectivity index (χ1v) is 16.6. The molecule has 3 aromatic carbocycles. The number of rotatable bonds is 12. The number of nitrogens with one attached hydrogen (secondary N) is 1. The molecule has 0 spiro atoms. The van der Waals surface area contributed by atoms with Gasteiger partial charge in [0.15, 0.2) is 0 Å². The second-order valence-electron chi connectivity index (χ2n) is 10.6. The molecule has 4 rings (SSSR count). The molecule has 0 bridgehead atoms. The molecule has 3 aromatic rings. The van der Waals surface area contributed by atoms with Crippen molar-refractivity contribution in [1.82, 2.24) is 10.2 Å². The van der Waals surface area contributed by atoms with Crippen molar-refractivity contribution in [2.45, 2.75) is 69.0 Å². The van der Waals surface area contributed by atoms with Crippen LogP contribution in [0.5, 0.6) is 0 Å². The van der Waals surface area contributed by atoms with Crippen LogP contribution in [0, 0.1) is 10.1 Å². The van der Waals surface area contributed by atoms with Crippen LogP contribution >= 0.6 is 23.2 Å². The van der Waals surface area contributed by atoms with E-state index in [0.717, 1.165) is 42.5 Å². The molecule has 1 saturated carbocycles. The SMILES string of the molecule is CC[C@H](C(=O)NC1CCCCC1)N(Cc1ccc(Cl)cc1Cl)C(=O)CN(c1cccc([N+](=O)[O-])c1)S(=O)(=O)c1ccccc1. The molecule has 0 aromatic heterocycles. The minimum Gasteiger partial charge on any atom is -0.352 e. The molecule has 0 heterocycles. The van der Waals surface area contributed by atoms with Crippen molar-refractivity contribution >= 4 is 56.4 Å². The second kappa shape index (κ2) is 14.9. The fraction of sp³-hybridized carbons (Fsp3) is 0.355. The van der Waals surface area contributed by atoms with E-state index >= 15 is 0 Å². The quantitative estimate of drug-likeness (QED) is 0.178. The van der Waals surface area contributed by atoms with Crippen LogP contribution in [0.1, 0.15) is 51.0 Å². The van der Waals surface area contributed by atoms with Crippen molar-refractivity contribution in [3.63, 3.8) is 0 Å². The van der Waals surface area contributed by atoms with Gasteiger partial charge in [0.2, 0.25) is 11.8 Å². The van der Waals surface area contributed by atoms with Gasteiger partial charge in [0.1, 0.15) is 12.6 Å². The Morgan fingerprint density at radius 2 is 1.70 bits per heavy atom. The standard InChI is InChI=1S/C31H34Cl2N4O6S/c1-2-29(31(39)34-24-10-5-3-6-11-24)35(20-22-16-17-23(32)18-28(22)33)30(38)21-36(25-12-9-13-26(19-25)37(40)41)44(42,43)27-14-7-4-8-15-27/h4,7-9,12-19,24,29H,2-3,5-6,10-11,20-21H2,1H3,(H,34,39)/t29-/m1/s1. The molecule has 1 N–H and O–H groups in total. The van der Waals surface area contributed by atoms with Crippen molar-refractivity contribution in [2.24, 2.45) is 0 Å². The predicted octanol–water partition coefficient (Wildman–Crippen LogP) is 6.35. The van der Waals surface area contributed by atoms with E-state index in [4.69, 9.17) is 23.2 Å². The molecule has 1 aliphatic rings. The molecule has 1 aliphatic carbocycles. The van der Waals surface area contributed by atoms with Crippen molar-refractivity contribution in [1.29, 1.82) is 0 Å². The van der Waals surface area contributed by atoms with Gasteiger partial charge in [-0.05, 0) is 55.2 Å². The van der Waals surface area contributed by atoms with Gasteiger partial charge < -0.3 is 10.2 Å². The third kappa shape index (κ3) is 8.08. The molecule has 10 nitrogen and oxygen atoms in total. The molecule has 0 unspecified atom stereocenters. The van der Waals surface area contributed by atoms with Gasteiger partial charge in [-0.2, -0.15) is 0 Å². The number of non-ortho nitro benzene ring substituents is 1. The summed E-state index contributed by atoms with van der Waals surface area (Å²) < 4.78 is 28.7. The summed E-state index contributed by atoms with van der Waals surface area (Å²) >= 11 is 12.6. The van der Waals surface area contributed by atoms with Crippen LogP contribution in [-0.2, 0) is 26.2 Å². The Hall–Kier alpha value is -3.67. The molecule has 0 radical (unpaired) electrons. The van der Waals surface area contributed by atoms with E-state index in [1.165, 1.54) is 53.4 Å². The fourth-order valence-corrected chi connectivity index (χ4v) is 7.20. The number of carbonyl (C=O) groups is 2. The van der Waals surface area contributed by atoms with Crippen LogP contribution in [-0.4, -0.2) is 48.7 Å². The number of nitro benzene ring substituents is 1. The van der Waals surface area contributed by atoms with E-state index in [0.29, 0.717) is 10.6 Å². The third-order valence-corrected chi connectivity index (χ3v) is 10.0. The molecular formula is C31H34Cl2N4O6S. The van der Waals surface area contributed by atoms with E-state index in [9.17, 15) is 28.1 Å². The number of sulfonamides is 1. The summed E-state index contributed by atoms with van der Waals surface area (Å²) in [6.45, 7) is 0.949. The summed E-state index contributed by atoms with van der Waals surface area (Å²) in [5.41, 5.74) is 0.105. The molecule has 13 heteroatoms. The number of hydrogen-bond donors (Lipinski definition) is 1. The molecule has 0 saturated heterocycles. The van der Waals surface area contributed by atoms with Crippen LogP contribution < -0.4 is 9.62 Å². The topological polar surface area (TPSA) is 130 Å². The van der Waals surface area contributed by atoms with Gasteiger partial charge in [-0.1, -0.05) is 79.7 Å². The van der Waals surface area contributed by atoms with E-state index in [1.54, 1.807) is 25.1 Å². The Bertz CT molecular complexity index is 1600. The monoisotopic (exact) mass is 660 g/mol. The molecule has 2 amide bonds. The fourth-order valence-electron chi connectivity index (χ4n) is 5.31. The number of benzene rings is 3. The third-order valence-electron chi connectivity index (χ3n) is 7.63. The van der Waals surface area contributed by atoms with Crippen molar-refractivity contribution in [3.05, 3.63) is 98.5 Å². The lowest BCUT2D eigenvalue weighted by Gasteiger charge is -2.34. The maximum absolute atomic E-state index is 14.2. The lowest BCUT2D eigenvalue weighted by atomic mass is 9.95. The Kier molecular flexibility index (Phi) is 11.2. The van der Waals surface area contributed by atoms with Crippen molar-refractivity contribution in [3.8, 4) is 0 Å². The minimum atomic E-state index is -4.37. The lowest BCUT2D eigenvalue weighted by Crippen LogP contribution is -2.54. The van der Waals surface area contributed by atoms with Crippen LogP contribution in [0.25, 0.3) is 0 Å². The molecule has 1 fully saturated rings. The Labute approximate surface area is 267 Å². The van der Waals surface area contributed by atoms with E-state index < -0.39 is 33.4 Å². The van der Waals surface area contributed by atoms with E-state index in [-0.39, 0.29) is 46.2 Å². The highest BCUT2D eigenvalue weighted by molar-refractivity contribution is 7.92. The maximum Gasteiger partial charge on any atom is 0.271 e. The highest BCUT2D eigenvalue weighted by Crippen LogP contribution is 2.29. The van der Waals surface area contributed by atoms with Gasteiger partial charge in [-0.15, -0.1) is 0 Å². The smallest absolute Gasteiger partial charge is 0.271 e. The average molecular weight is 662 g/mol. The Morgan fingerprint density at radius 1 is 1.00 bits per heavy atom. The summed E-state index contributed by atoms with van der Waals surface area (Å²) in [6, 6.07) is 16.4. The van der Waals surface area contributed by atoms with Gasteiger partial charge in [0, 0.05) is 34.8 Å². The van der Waals surface area contributed by atoms with Gasteiger partial charge in [0.25, 0.3) is 15.7 Å². The van der Waals surface area contributed by atoms with Crippen LogP contribution in [0.3, 0.4) is 0 Å². The molecule has 0 aliphatic heterocycles. The normalized spacial score (nSPS) is 14.4. The first-order chi connectivity index (χ1) is 21.0. The van der Waals surface area contributed by atoms with Crippen molar-refractivity contribution < 1.29 is 22.9 Å². The van der Waals surface area contributed by atoms with Gasteiger partial charge in [-0.25, -0.2) is 8.42 Å². The van der Waals surface area contributed by atoms with Crippen LogP contribution in [0.15, 0.2) is 77.7 Å². The number of nitrogens with zero attached hydrogens (tertiary/aromatic N) is 3. The summed E-state index contributed by atoms with van der Waals surface area (Å²) in [4.78, 5) is 40.0. The highest BCUT2D eigenvalue weighted by atomic mass is 35.5. The number of amides is 2. The molecule has 44 heavy (non-hydrogen) atoms.